The predicted molar refractivity (Wildman–Crippen MR) is 130 cm³/mol. The van der Waals surface area contributed by atoms with Crippen molar-refractivity contribution in [1.82, 2.24) is 4.90 Å². The minimum atomic E-state index is -0.0978. The molecule has 2 amide bonds. The Hall–Kier alpha value is -1.85. The van der Waals surface area contributed by atoms with E-state index in [0.717, 1.165) is 35.5 Å². The lowest BCUT2D eigenvalue weighted by molar-refractivity contribution is -0.139. The molecule has 1 aliphatic heterocycles. The SMILES string of the molecule is O=C1C(Sc2ccccc2)=C(c2cccs2)C(=O)N1C1CCCCCCCCCCC1. The van der Waals surface area contributed by atoms with Crippen LogP contribution in [0.15, 0.2) is 57.6 Å². The van der Waals surface area contributed by atoms with Gasteiger partial charge in [-0.1, -0.05) is 93.8 Å². The van der Waals surface area contributed by atoms with Crippen molar-refractivity contribution in [3.63, 3.8) is 0 Å². The quantitative estimate of drug-likeness (QED) is 0.456. The molecule has 1 fully saturated rings. The molecule has 2 aromatic rings. The largest absolute Gasteiger partial charge is 0.271 e. The van der Waals surface area contributed by atoms with Gasteiger partial charge in [-0.3, -0.25) is 14.5 Å². The molecule has 164 valence electrons. The van der Waals surface area contributed by atoms with Crippen LogP contribution in [-0.2, 0) is 9.59 Å². The molecule has 4 rings (SSSR count). The first-order valence-electron chi connectivity index (χ1n) is 11.6. The maximum absolute atomic E-state index is 13.6. The summed E-state index contributed by atoms with van der Waals surface area (Å²) in [4.78, 5) is 31.4. The summed E-state index contributed by atoms with van der Waals surface area (Å²) in [6, 6.07) is 13.8. The molecule has 2 heterocycles. The Labute approximate surface area is 193 Å². The van der Waals surface area contributed by atoms with Gasteiger partial charge in [0.25, 0.3) is 11.8 Å². The number of carbonyl (C=O) groups is 2. The molecule has 0 N–H and O–H groups in total. The standard InChI is InChI=1S/C26H31NO2S2/c28-25-23(22-18-13-19-30-22)24(31-21-16-11-8-12-17-21)26(29)27(25)20-14-9-6-4-2-1-3-5-7-10-15-20/h8,11-13,16-20H,1-7,9-10,14-15H2. The zero-order valence-corrected chi connectivity index (χ0v) is 19.7. The van der Waals surface area contributed by atoms with E-state index < -0.39 is 0 Å². The van der Waals surface area contributed by atoms with Gasteiger partial charge in [-0.2, -0.15) is 0 Å². The van der Waals surface area contributed by atoms with Crippen molar-refractivity contribution in [3.8, 4) is 0 Å². The van der Waals surface area contributed by atoms with E-state index in [1.807, 2.05) is 47.8 Å². The second kappa shape index (κ2) is 11.1. The number of nitrogens with zero attached hydrogens (tertiary/aromatic N) is 1. The van der Waals surface area contributed by atoms with Crippen LogP contribution in [0.5, 0.6) is 0 Å². The third-order valence-electron chi connectivity index (χ3n) is 6.24. The average Bonchev–Trinajstić information content (AvgIpc) is 3.37. The normalized spacial score (nSPS) is 20.1. The molecule has 0 unspecified atom stereocenters. The van der Waals surface area contributed by atoms with Crippen LogP contribution < -0.4 is 0 Å². The van der Waals surface area contributed by atoms with Crippen molar-refractivity contribution in [3.05, 3.63) is 57.6 Å². The highest BCUT2D eigenvalue weighted by molar-refractivity contribution is 8.04. The highest BCUT2D eigenvalue weighted by atomic mass is 32.2. The minimum Gasteiger partial charge on any atom is -0.271 e. The number of thioether (sulfide) groups is 1. The van der Waals surface area contributed by atoms with Crippen molar-refractivity contribution in [2.75, 3.05) is 0 Å². The Morgan fingerprint density at radius 3 is 1.94 bits per heavy atom. The van der Waals surface area contributed by atoms with Crippen LogP contribution in [0.3, 0.4) is 0 Å². The van der Waals surface area contributed by atoms with E-state index in [2.05, 4.69) is 0 Å². The van der Waals surface area contributed by atoms with Gasteiger partial charge in [-0.15, -0.1) is 11.3 Å². The minimum absolute atomic E-state index is 0.0169. The van der Waals surface area contributed by atoms with Gasteiger partial charge in [0.05, 0.1) is 10.5 Å². The smallest absolute Gasteiger partial charge is 0.268 e. The number of thiophene rings is 1. The highest BCUT2D eigenvalue weighted by Gasteiger charge is 2.43. The molecule has 31 heavy (non-hydrogen) atoms. The molecule has 1 aromatic carbocycles. The maximum atomic E-state index is 13.6. The molecule has 0 radical (unpaired) electrons. The third kappa shape index (κ3) is 5.50. The van der Waals surface area contributed by atoms with Crippen molar-refractivity contribution >= 4 is 40.5 Å². The first-order valence-corrected chi connectivity index (χ1v) is 13.3. The van der Waals surface area contributed by atoms with Crippen LogP contribution in [0.1, 0.15) is 75.5 Å². The summed E-state index contributed by atoms with van der Waals surface area (Å²) in [7, 11) is 0. The summed E-state index contributed by atoms with van der Waals surface area (Å²) in [6.45, 7) is 0. The van der Waals surface area contributed by atoms with E-state index >= 15 is 0 Å². The molecule has 0 saturated heterocycles. The van der Waals surface area contributed by atoms with E-state index in [0.29, 0.717) is 10.5 Å². The van der Waals surface area contributed by atoms with E-state index in [1.165, 1.54) is 68.0 Å². The van der Waals surface area contributed by atoms with E-state index in [9.17, 15) is 9.59 Å². The Morgan fingerprint density at radius 2 is 1.35 bits per heavy atom. The van der Waals surface area contributed by atoms with Gasteiger partial charge < -0.3 is 0 Å². The van der Waals surface area contributed by atoms with Gasteiger partial charge in [0.15, 0.2) is 0 Å². The molecule has 5 heteroatoms. The number of benzene rings is 1. The van der Waals surface area contributed by atoms with Gasteiger partial charge in [0, 0.05) is 15.8 Å². The lowest BCUT2D eigenvalue weighted by Gasteiger charge is -2.27. The summed E-state index contributed by atoms with van der Waals surface area (Å²) in [5, 5.41) is 1.98. The van der Waals surface area contributed by atoms with Crippen LogP contribution in [0.25, 0.3) is 5.57 Å². The van der Waals surface area contributed by atoms with Crippen LogP contribution in [0, 0.1) is 0 Å². The van der Waals surface area contributed by atoms with Gasteiger partial charge >= 0.3 is 0 Å². The Balaban J connectivity index is 1.60. The summed E-state index contributed by atoms with van der Waals surface area (Å²) >= 11 is 2.97. The van der Waals surface area contributed by atoms with E-state index in [4.69, 9.17) is 0 Å². The molecule has 3 nitrogen and oxygen atoms in total. The molecule has 0 spiro atoms. The van der Waals surface area contributed by atoms with Gasteiger partial charge in [0.2, 0.25) is 0 Å². The molecule has 1 aliphatic carbocycles. The Kier molecular flexibility index (Phi) is 8.03. The van der Waals surface area contributed by atoms with Crippen LogP contribution in [-0.4, -0.2) is 22.8 Å². The van der Waals surface area contributed by atoms with Crippen LogP contribution in [0.2, 0.25) is 0 Å². The first-order chi connectivity index (χ1) is 15.3. The number of rotatable bonds is 4. The van der Waals surface area contributed by atoms with Gasteiger partial charge in [-0.25, -0.2) is 0 Å². The molecule has 2 aliphatic rings. The molecule has 1 aromatic heterocycles. The maximum Gasteiger partial charge on any atom is 0.268 e. The molecular formula is C26H31NO2S2. The van der Waals surface area contributed by atoms with Crippen molar-refractivity contribution in [1.29, 1.82) is 0 Å². The molecular weight excluding hydrogens is 422 g/mol. The predicted octanol–water partition coefficient (Wildman–Crippen LogP) is 7.29. The van der Waals surface area contributed by atoms with Crippen LogP contribution in [0.4, 0.5) is 0 Å². The summed E-state index contributed by atoms with van der Waals surface area (Å²) < 4.78 is 0. The number of imide groups is 1. The number of carbonyl (C=O) groups excluding carboxylic acids is 2. The second-order valence-electron chi connectivity index (χ2n) is 8.49. The fourth-order valence-corrected chi connectivity index (χ4v) is 6.44. The average molecular weight is 454 g/mol. The molecule has 0 bridgehead atoms. The summed E-state index contributed by atoms with van der Waals surface area (Å²) in [5.41, 5.74) is 0.597. The number of hydrogen-bond acceptors (Lipinski definition) is 4. The van der Waals surface area contributed by atoms with Gasteiger partial charge in [0.1, 0.15) is 0 Å². The lowest BCUT2D eigenvalue weighted by Crippen LogP contribution is -2.41. The Morgan fingerprint density at radius 1 is 0.742 bits per heavy atom. The van der Waals surface area contributed by atoms with Gasteiger partial charge in [-0.05, 0) is 36.4 Å². The summed E-state index contributed by atoms with van der Waals surface area (Å²) in [5.74, 6) is -0.192. The zero-order valence-electron chi connectivity index (χ0n) is 18.1. The van der Waals surface area contributed by atoms with Crippen LogP contribution >= 0.6 is 23.1 Å². The molecule has 1 saturated carbocycles. The second-order valence-corrected chi connectivity index (χ2v) is 10.5. The molecule has 0 atom stereocenters. The number of hydrogen-bond donors (Lipinski definition) is 0. The van der Waals surface area contributed by atoms with E-state index in [-0.39, 0.29) is 17.9 Å². The topological polar surface area (TPSA) is 37.4 Å². The zero-order chi connectivity index (χ0) is 21.5. The van der Waals surface area contributed by atoms with Crippen molar-refractivity contribution in [2.45, 2.75) is 81.6 Å². The first kappa shape index (κ1) is 22.3. The van der Waals surface area contributed by atoms with Crippen molar-refractivity contribution < 1.29 is 9.59 Å². The number of amides is 2. The van der Waals surface area contributed by atoms with Crippen molar-refractivity contribution in [2.24, 2.45) is 0 Å². The Bertz CT molecular complexity index is 893. The summed E-state index contributed by atoms with van der Waals surface area (Å²) in [6.07, 6.45) is 13.0. The monoisotopic (exact) mass is 453 g/mol. The fraction of sp³-hybridized carbons (Fsp3) is 0.462. The fourth-order valence-electron chi connectivity index (χ4n) is 4.60. The highest BCUT2D eigenvalue weighted by Crippen LogP contribution is 2.42. The lowest BCUT2D eigenvalue weighted by atomic mass is 9.97. The van der Waals surface area contributed by atoms with E-state index in [1.54, 1.807) is 4.90 Å². The third-order valence-corrected chi connectivity index (χ3v) is 8.22.